The summed E-state index contributed by atoms with van der Waals surface area (Å²) in [7, 11) is 0. The van der Waals surface area contributed by atoms with E-state index in [1.165, 1.54) is 10.5 Å². The number of nitrogens with one attached hydrogen (secondary N) is 1. The molecule has 1 aliphatic rings. The molecule has 136 valence electrons. The van der Waals surface area contributed by atoms with E-state index in [2.05, 4.69) is 11.4 Å². The largest absolute Gasteiger partial charge is 0.346 e. The second-order valence-electron chi connectivity index (χ2n) is 6.79. The molecule has 0 aliphatic carbocycles. The lowest BCUT2D eigenvalue weighted by Crippen LogP contribution is -2.54. The Kier molecular flexibility index (Phi) is 6.56. The van der Waals surface area contributed by atoms with Gasteiger partial charge >= 0.3 is 11.8 Å². The van der Waals surface area contributed by atoms with E-state index in [4.69, 9.17) is 0 Å². The third-order valence-corrected chi connectivity index (χ3v) is 4.24. The first-order valence-corrected chi connectivity index (χ1v) is 8.80. The molecule has 0 spiro atoms. The van der Waals surface area contributed by atoms with Crippen LogP contribution in [0.25, 0.3) is 0 Å². The minimum absolute atomic E-state index is 0.0686. The van der Waals surface area contributed by atoms with Gasteiger partial charge in [0.1, 0.15) is 0 Å². The Labute approximate surface area is 149 Å². The van der Waals surface area contributed by atoms with Gasteiger partial charge in [0.15, 0.2) is 0 Å². The summed E-state index contributed by atoms with van der Waals surface area (Å²) in [4.78, 5) is 39.5. The van der Waals surface area contributed by atoms with Gasteiger partial charge in [0, 0.05) is 38.6 Å². The minimum Gasteiger partial charge on any atom is -0.346 e. The zero-order valence-electron chi connectivity index (χ0n) is 15.2. The maximum Gasteiger partial charge on any atom is 0.312 e. The van der Waals surface area contributed by atoms with Crippen LogP contribution < -0.4 is 5.32 Å². The molecule has 6 heteroatoms. The third-order valence-electron chi connectivity index (χ3n) is 4.24. The fourth-order valence-electron chi connectivity index (χ4n) is 2.90. The van der Waals surface area contributed by atoms with Gasteiger partial charge in [0.25, 0.3) is 0 Å². The summed E-state index contributed by atoms with van der Waals surface area (Å²) >= 11 is 0. The summed E-state index contributed by atoms with van der Waals surface area (Å²) in [6.45, 7) is 7.44. The number of carbonyl (C=O) groups is 3. The van der Waals surface area contributed by atoms with Crippen LogP contribution in [0, 0.1) is 6.92 Å². The molecule has 1 saturated heterocycles. The monoisotopic (exact) mass is 345 g/mol. The number of rotatable bonds is 4. The van der Waals surface area contributed by atoms with E-state index in [9.17, 15) is 14.4 Å². The van der Waals surface area contributed by atoms with Crippen molar-refractivity contribution in [3.63, 3.8) is 0 Å². The van der Waals surface area contributed by atoms with Crippen molar-refractivity contribution in [3.05, 3.63) is 35.4 Å². The molecule has 1 aromatic rings. The van der Waals surface area contributed by atoms with E-state index >= 15 is 0 Å². The van der Waals surface area contributed by atoms with Gasteiger partial charge in [-0.2, -0.15) is 0 Å². The second-order valence-corrected chi connectivity index (χ2v) is 6.79. The molecule has 0 saturated carbocycles. The minimum atomic E-state index is -0.575. The molecule has 0 bridgehead atoms. The van der Waals surface area contributed by atoms with Gasteiger partial charge in [0.2, 0.25) is 5.91 Å². The Morgan fingerprint density at radius 2 is 1.72 bits per heavy atom. The van der Waals surface area contributed by atoms with E-state index in [0.717, 1.165) is 12.0 Å². The molecule has 0 unspecified atom stereocenters. The first-order valence-electron chi connectivity index (χ1n) is 8.80. The van der Waals surface area contributed by atoms with E-state index in [1.54, 1.807) is 4.90 Å². The summed E-state index contributed by atoms with van der Waals surface area (Å²) < 4.78 is 0. The maximum absolute atomic E-state index is 12.4. The van der Waals surface area contributed by atoms with Gasteiger partial charge in [-0.25, -0.2) is 0 Å². The van der Waals surface area contributed by atoms with Crippen molar-refractivity contribution in [1.82, 2.24) is 15.1 Å². The van der Waals surface area contributed by atoms with Crippen molar-refractivity contribution in [2.75, 3.05) is 26.2 Å². The van der Waals surface area contributed by atoms with Crippen molar-refractivity contribution < 1.29 is 14.4 Å². The lowest BCUT2D eigenvalue weighted by atomic mass is 10.1. The van der Waals surface area contributed by atoms with Gasteiger partial charge < -0.3 is 15.1 Å². The molecule has 1 heterocycles. The second kappa shape index (κ2) is 8.65. The quantitative estimate of drug-likeness (QED) is 0.832. The summed E-state index contributed by atoms with van der Waals surface area (Å²) in [5.41, 5.74) is 2.35. The van der Waals surface area contributed by atoms with E-state index in [1.807, 2.05) is 39.0 Å². The van der Waals surface area contributed by atoms with E-state index in [0.29, 0.717) is 32.6 Å². The van der Waals surface area contributed by atoms with Crippen LogP contribution in [0.15, 0.2) is 24.3 Å². The first-order chi connectivity index (χ1) is 11.9. The predicted molar refractivity (Wildman–Crippen MR) is 95.9 cm³/mol. The van der Waals surface area contributed by atoms with E-state index in [-0.39, 0.29) is 11.9 Å². The topological polar surface area (TPSA) is 69.7 Å². The van der Waals surface area contributed by atoms with Gasteiger partial charge in [-0.05, 0) is 32.8 Å². The van der Waals surface area contributed by atoms with Crippen LogP contribution in [0.4, 0.5) is 0 Å². The Balaban J connectivity index is 1.78. The lowest BCUT2D eigenvalue weighted by molar-refractivity contribution is -0.148. The first kappa shape index (κ1) is 19.0. The molecule has 2 rings (SSSR count). The lowest BCUT2D eigenvalue weighted by Gasteiger charge is -2.34. The van der Waals surface area contributed by atoms with Gasteiger partial charge in [-0.1, -0.05) is 29.8 Å². The molecular formula is C19H27N3O3. The standard InChI is InChI=1S/C19H27N3O3/c1-14(2)20-18(24)19(25)22-11-9-21(10-12-22)17(23)8-7-16-6-4-5-15(3)13-16/h4-6,13-14H,7-12H2,1-3H3,(H,20,24). The van der Waals surface area contributed by atoms with Crippen molar-refractivity contribution in [2.45, 2.75) is 39.7 Å². The number of carbonyl (C=O) groups excluding carboxylic acids is 3. The normalized spacial score (nSPS) is 14.6. The van der Waals surface area contributed by atoms with Crippen molar-refractivity contribution in [3.8, 4) is 0 Å². The number of piperazine rings is 1. The molecule has 3 amide bonds. The maximum atomic E-state index is 12.4. The smallest absolute Gasteiger partial charge is 0.312 e. The molecule has 25 heavy (non-hydrogen) atoms. The molecule has 0 aromatic heterocycles. The molecule has 0 atom stereocenters. The highest BCUT2D eigenvalue weighted by Crippen LogP contribution is 2.10. The summed E-state index contributed by atoms with van der Waals surface area (Å²) in [6.07, 6.45) is 1.18. The predicted octanol–water partition coefficient (Wildman–Crippen LogP) is 1.12. The molecule has 1 aromatic carbocycles. The summed E-state index contributed by atoms with van der Waals surface area (Å²) in [5, 5.41) is 2.61. The number of benzene rings is 1. The summed E-state index contributed by atoms with van der Waals surface area (Å²) in [6, 6.07) is 8.10. The average molecular weight is 345 g/mol. The van der Waals surface area contributed by atoms with Crippen molar-refractivity contribution in [1.29, 1.82) is 0 Å². The van der Waals surface area contributed by atoms with Crippen LogP contribution in [-0.4, -0.2) is 59.7 Å². The number of nitrogens with zero attached hydrogens (tertiary/aromatic N) is 2. The van der Waals surface area contributed by atoms with Crippen molar-refractivity contribution in [2.24, 2.45) is 0 Å². The average Bonchev–Trinajstić information content (AvgIpc) is 2.58. The molecule has 0 radical (unpaired) electrons. The molecule has 6 nitrogen and oxygen atoms in total. The molecule has 1 fully saturated rings. The summed E-state index contributed by atoms with van der Waals surface area (Å²) in [5.74, 6) is -0.991. The fourth-order valence-corrected chi connectivity index (χ4v) is 2.90. The molecular weight excluding hydrogens is 318 g/mol. The fraction of sp³-hybridized carbons (Fsp3) is 0.526. The van der Waals surface area contributed by atoms with Crippen LogP contribution in [0.2, 0.25) is 0 Å². The number of aryl methyl sites for hydroxylation is 2. The highest BCUT2D eigenvalue weighted by atomic mass is 16.2. The number of hydrogen-bond acceptors (Lipinski definition) is 3. The zero-order valence-corrected chi connectivity index (χ0v) is 15.2. The third kappa shape index (κ3) is 5.59. The Hall–Kier alpha value is -2.37. The van der Waals surface area contributed by atoms with Gasteiger partial charge in [0.05, 0.1) is 0 Å². The number of amides is 3. The van der Waals surface area contributed by atoms with Gasteiger partial charge in [-0.3, -0.25) is 14.4 Å². The molecule has 1 N–H and O–H groups in total. The van der Waals surface area contributed by atoms with Crippen LogP contribution in [0.3, 0.4) is 0 Å². The van der Waals surface area contributed by atoms with Crippen LogP contribution in [-0.2, 0) is 20.8 Å². The van der Waals surface area contributed by atoms with Crippen LogP contribution in [0.1, 0.15) is 31.4 Å². The SMILES string of the molecule is Cc1cccc(CCC(=O)N2CCN(C(=O)C(=O)NC(C)C)CC2)c1. The van der Waals surface area contributed by atoms with Crippen LogP contribution >= 0.6 is 0 Å². The highest BCUT2D eigenvalue weighted by Gasteiger charge is 2.27. The van der Waals surface area contributed by atoms with Gasteiger partial charge in [-0.15, -0.1) is 0 Å². The number of hydrogen-bond donors (Lipinski definition) is 1. The van der Waals surface area contributed by atoms with Crippen LogP contribution in [0.5, 0.6) is 0 Å². The molecule has 1 aliphatic heterocycles. The Bertz CT molecular complexity index is 635. The van der Waals surface area contributed by atoms with Crippen molar-refractivity contribution >= 4 is 17.7 Å². The van der Waals surface area contributed by atoms with E-state index < -0.39 is 11.8 Å². The Morgan fingerprint density at radius 1 is 1.08 bits per heavy atom. The Morgan fingerprint density at radius 3 is 2.32 bits per heavy atom. The zero-order chi connectivity index (χ0) is 18.4. The highest BCUT2D eigenvalue weighted by molar-refractivity contribution is 6.35.